The number of rotatable bonds is 4. The highest BCUT2D eigenvalue weighted by atomic mass is 16.4. The topological polar surface area (TPSA) is 57.5 Å². The summed E-state index contributed by atoms with van der Waals surface area (Å²) >= 11 is 0. The van der Waals surface area contributed by atoms with Gasteiger partial charge in [-0.25, -0.2) is 0 Å². The fraction of sp³-hybridized carbons (Fsp3) is 0.917. The van der Waals surface area contributed by atoms with E-state index in [-0.39, 0.29) is 6.42 Å². The first-order chi connectivity index (χ1) is 7.09. The van der Waals surface area contributed by atoms with E-state index in [1.165, 1.54) is 19.3 Å². The van der Waals surface area contributed by atoms with Gasteiger partial charge in [-0.15, -0.1) is 0 Å². The summed E-state index contributed by atoms with van der Waals surface area (Å²) in [6.45, 7) is 0. The van der Waals surface area contributed by atoms with E-state index >= 15 is 0 Å². The van der Waals surface area contributed by atoms with E-state index < -0.39 is 11.6 Å². The molecule has 0 heterocycles. The van der Waals surface area contributed by atoms with Crippen LogP contribution in [0.2, 0.25) is 0 Å². The summed E-state index contributed by atoms with van der Waals surface area (Å²) in [7, 11) is 0. The summed E-state index contributed by atoms with van der Waals surface area (Å²) in [6, 6.07) is 0. The van der Waals surface area contributed by atoms with Crippen LogP contribution in [-0.4, -0.2) is 21.8 Å². The second-order valence-corrected chi connectivity index (χ2v) is 5.31. The minimum Gasteiger partial charge on any atom is -0.481 e. The van der Waals surface area contributed by atoms with Crippen molar-refractivity contribution in [2.45, 2.75) is 57.0 Å². The first-order valence-electron chi connectivity index (χ1n) is 6.03. The highest BCUT2D eigenvalue weighted by Gasteiger charge is 2.40. The normalized spacial score (nSPS) is 36.5. The molecule has 2 N–H and O–H groups in total. The Kier molecular flexibility index (Phi) is 3.01. The van der Waals surface area contributed by atoms with Gasteiger partial charge < -0.3 is 10.2 Å². The molecule has 0 bridgehead atoms. The molecule has 0 aromatic rings. The summed E-state index contributed by atoms with van der Waals surface area (Å²) in [6.07, 6.45) is 7.12. The largest absolute Gasteiger partial charge is 0.481 e. The number of hydrogen-bond acceptors (Lipinski definition) is 2. The van der Waals surface area contributed by atoms with Gasteiger partial charge in [0.25, 0.3) is 0 Å². The third-order valence-corrected chi connectivity index (χ3v) is 3.95. The minimum atomic E-state index is -0.794. The Morgan fingerprint density at radius 2 is 2.00 bits per heavy atom. The molecule has 2 atom stereocenters. The van der Waals surface area contributed by atoms with Crippen molar-refractivity contribution in [2.24, 2.45) is 11.8 Å². The van der Waals surface area contributed by atoms with Gasteiger partial charge in [0, 0.05) is 6.42 Å². The first-order valence-corrected chi connectivity index (χ1v) is 6.03. The van der Waals surface area contributed by atoms with Crippen LogP contribution in [0, 0.1) is 11.8 Å². The first kappa shape index (κ1) is 10.9. The second-order valence-electron chi connectivity index (χ2n) is 5.31. The summed E-state index contributed by atoms with van der Waals surface area (Å²) in [5.41, 5.74) is -0.677. The summed E-state index contributed by atoms with van der Waals surface area (Å²) in [5.74, 6) is 0.705. The van der Waals surface area contributed by atoms with Crippen molar-refractivity contribution in [1.82, 2.24) is 0 Å². The fourth-order valence-electron chi connectivity index (χ4n) is 2.92. The van der Waals surface area contributed by atoms with Gasteiger partial charge in [-0.2, -0.15) is 0 Å². The molecule has 0 aromatic carbocycles. The van der Waals surface area contributed by atoms with Crippen LogP contribution in [0.1, 0.15) is 51.4 Å². The lowest BCUT2D eigenvalue weighted by Gasteiger charge is -2.37. The van der Waals surface area contributed by atoms with Crippen molar-refractivity contribution >= 4 is 5.97 Å². The maximum absolute atomic E-state index is 10.5. The van der Waals surface area contributed by atoms with Crippen LogP contribution in [0.25, 0.3) is 0 Å². The predicted molar refractivity (Wildman–Crippen MR) is 56.5 cm³/mol. The van der Waals surface area contributed by atoms with Gasteiger partial charge >= 0.3 is 5.97 Å². The van der Waals surface area contributed by atoms with Gasteiger partial charge in [0.05, 0.1) is 5.60 Å². The Hall–Kier alpha value is -0.570. The van der Waals surface area contributed by atoms with Crippen LogP contribution in [0.5, 0.6) is 0 Å². The van der Waals surface area contributed by atoms with Gasteiger partial charge in [0.1, 0.15) is 0 Å². The fourth-order valence-corrected chi connectivity index (χ4v) is 2.92. The maximum Gasteiger partial charge on any atom is 0.303 e. The zero-order valence-corrected chi connectivity index (χ0v) is 9.11. The van der Waals surface area contributed by atoms with Gasteiger partial charge in [-0.1, -0.05) is 6.42 Å². The monoisotopic (exact) mass is 212 g/mol. The molecule has 0 aromatic heterocycles. The zero-order valence-electron chi connectivity index (χ0n) is 9.11. The zero-order chi connectivity index (χ0) is 10.9. The van der Waals surface area contributed by atoms with Gasteiger partial charge in [-0.3, -0.25) is 4.79 Å². The number of hydrogen-bond donors (Lipinski definition) is 2. The van der Waals surface area contributed by atoms with E-state index in [9.17, 15) is 9.90 Å². The average Bonchev–Trinajstić information content (AvgIpc) is 2.98. The van der Waals surface area contributed by atoms with E-state index in [4.69, 9.17) is 5.11 Å². The van der Waals surface area contributed by atoms with Crippen LogP contribution < -0.4 is 0 Å². The lowest BCUT2D eigenvalue weighted by atomic mass is 9.74. The molecular formula is C12H20O3. The smallest absolute Gasteiger partial charge is 0.303 e. The molecule has 3 nitrogen and oxygen atoms in total. The van der Waals surface area contributed by atoms with Crippen LogP contribution in [0.4, 0.5) is 0 Å². The Morgan fingerprint density at radius 3 is 2.60 bits per heavy atom. The van der Waals surface area contributed by atoms with E-state index in [1.807, 2.05) is 0 Å². The van der Waals surface area contributed by atoms with Crippen LogP contribution in [-0.2, 0) is 4.79 Å². The predicted octanol–water partition coefficient (Wildman–Crippen LogP) is 2.18. The summed E-state index contributed by atoms with van der Waals surface area (Å²) in [5, 5.41) is 18.9. The highest BCUT2D eigenvalue weighted by molar-refractivity contribution is 5.66. The molecule has 2 fully saturated rings. The lowest BCUT2D eigenvalue weighted by molar-refractivity contribution is -0.139. The van der Waals surface area contributed by atoms with Crippen LogP contribution in [0.15, 0.2) is 0 Å². The molecule has 0 radical (unpaired) electrons. The van der Waals surface area contributed by atoms with Crippen molar-refractivity contribution in [1.29, 1.82) is 0 Å². The molecule has 0 saturated heterocycles. The summed E-state index contributed by atoms with van der Waals surface area (Å²) < 4.78 is 0. The average molecular weight is 212 g/mol. The van der Waals surface area contributed by atoms with E-state index in [2.05, 4.69) is 0 Å². The van der Waals surface area contributed by atoms with E-state index in [1.54, 1.807) is 0 Å². The highest BCUT2D eigenvalue weighted by Crippen LogP contribution is 2.47. The Labute approximate surface area is 90.5 Å². The van der Waals surface area contributed by atoms with Gasteiger partial charge in [-0.05, 0) is 50.4 Å². The summed E-state index contributed by atoms with van der Waals surface area (Å²) in [4.78, 5) is 10.5. The maximum atomic E-state index is 10.5. The van der Waals surface area contributed by atoms with Crippen molar-refractivity contribution in [3.8, 4) is 0 Å². The van der Waals surface area contributed by atoms with Crippen LogP contribution in [0.3, 0.4) is 0 Å². The van der Waals surface area contributed by atoms with Crippen molar-refractivity contribution in [3.63, 3.8) is 0 Å². The number of aliphatic hydroxyl groups is 1. The quantitative estimate of drug-likeness (QED) is 0.751. The SMILES string of the molecule is O=C(O)CCC1(O)CCCC(C2CC2)C1. The molecule has 86 valence electrons. The third kappa shape index (κ3) is 2.94. The third-order valence-electron chi connectivity index (χ3n) is 3.95. The molecule has 2 unspecified atom stereocenters. The Balaban J connectivity index is 1.85. The van der Waals surface area contributed by atoms with Crippen molar-refractivity contribution < 1.29 is 15.0 Å². The standard InChI is InChI=1S/C12H20O3/c13-11(14)5-7-12(15)6-1-2-10(8-12)9-3-4-9/h9-10,15H,1-8H2,(H,13,14). The molecule has 0 amide bonds. The minimum absolute atomic E-state index is 0.105. The molecule has 2 rings (SSSR count). The van der Waals surface area contributed by atoms with Gasteiger partial charge in [0.2, 0.25) is 0 Å². The molecule has 0 spiro atoms. The molecule has 0 aliphatic heterocycles. The van der Waals surface area contributed by atoms with Crippen molar-refractivity contribution in [2.75, 3.05) is 0 Å². The molecule has 15 heavy (non-hydrogen) atoms. The number of carboxylic acids is 1. The van der Waals surface area contributed by atoms with Crippen molar-refractivity contribution in [3.05, 3.63) is 0 Å². The van der Waals surface area contributed by atoms with Crippen LogP contribution >= 0.6 is 0 Å². The molecule has 2 aliphatic carbocycles. The van der Waals surface area contributed by atoms with E-state index in [0.717, 1.165) is 25.2 Å². The second kappa shape index (κ2) is 4.12. The van der Waals surface area contributed by atoms with E-state index in [0.29, 0.717) is 12.3 Å². The molecule has 3 heteroatoms. The molecular weight excluding hydrogens is 192 g/mol. The Bertz CT molecular complexity index is 247. The lowest BCUT2D eigenvalue weighted by Crippen LogP contribution is -2.36. The molecule has 2 aliphatic rings. The number of carboxylic acid groups (broad SMARTS) is 1. The van der Waals surface area contributed by atoms with Gasteiger partial charge in [0.15, 0.2) is 0 Å². The Morgan fingerprint density at radius 1 is 1.27 bits per heavy atom. The number of aliphatic carboxylic acids is 1. The number of carbonyl (C=O) groups is 1. The molecule has 2 saturated carbocycles.